The molecule has 1 aromatic rings. The highest BCUT2D eigenvalue weighted by Crippen LogP contribution is 2.28. The van der Waals surface area contributed by atoms with Crippen molar-refractivity contribution in [2.45, 2.75) is 12.1 Å². The molecule has 0 bridgehead atoms. The van der Waals surface area contributed by atoms with Gasteiger partial charge in [-0.25, -0.2) is 10.1 Å². The van der Waals surface area contributed by atoms with Crippen molar-refractivity contribution in [3.63, 3.8) is 0 Å². The quantitative estimate of drug-likeness (QED) is 0.614. The molecule has 90 valence electrons. The van der Waals surface area contributed by atoms with Crippen LogP contribution < -0.4 is 11.3 Å². The molecule has 0 spiro atoms. The molecule has 8 heteroatoms. The van der Waals surface area contributed by atoms with Crippen molar-refractivity contribution in [2.75, 3.05) is 18.1 Å². The molecule has 0 aromatic carbocycles. The number of hydrazine groups is 1. The first-order chi connectivity index (χ1) is 7.74. The number of thioether (sulfide) groups is 1. The van der Waals surface area contributed by atoms with Crippen LogP contribution in [0.2, 0.25) is 0 Å². The van der Waals surface area contributed by atoms with E-state index in [4.69, 9.17) is 10.6 Å². The van der Waals surface area contributed by atoms with Gasteiger partial charge in [0.1, 0.15) is 0 Å². The molecular formula is C8H14BrN5OS. The minimum atomic E-state index is -0.0952. The Morgan fingerprint density at radius 2 is 2.56 bits per heavy atom. The number of hydrogen-bond acceptors (Lipinski definition) is 6. The zero-order valence-electron chi connectivity index (χ0n) is 8.89. The number of nitrogens with one attached hydrogen (secondary N) is 1. The summed E-state index contributed by atoms with van der Waals surface area (Å²) in [5.74, 6) is 7.57. The van der Waals surface area contributed by atoms with Crippen LogP contribution in [0.1, 0.15) is 11.7 Å². The predicted molar refractivity (Wildman–Crippen MR) is 65.8 cm³/mol. The van der Waals surface area contributed by atoms with E-state index in [2.05, 4.69) is 31.7 Å². The van der Waals surface area contributed by atoms with Crippen LogP contribution in [-0.4, -0.2) is 39.2 Å². The van der Waals surface area contributed by atoms with Gasteiger partial charge >= 0.3 is 0 Å². The van der Waals surface area contributed by atoms with Crippen molar-refractivity contribution in [2.24, 2.45) is 12.9 Å². The van der Waals surface area contributed by atoms with E-state index in [0.29, 0.717) is 4.60 Å². The minimum absolute atomic E-state index is 0.0530. The van der Waals surface area contributed by atoms with Crippen LogP contribution in [0.3, 0.4) is 0 Å². The van der Waals surface area contributed by atoms with Crippen LogP contribution in [0.5, 0.6) is 0 Å². The molecule has 1 fully saturated rings. The van der Waals surface area contributed by atoms with Gasteiger partial charge in [0.05, 0.1) is 24.4 Å². The van der Waals surface area contributed by atoms with E-state index in [1.807, 2.05) is 18.8 Å². The Kier molecular flexibility index (Phi) is 4.20. The number of rotatable bonds is 3. The van der Waals surface area contributed by atoms with Crippen LogP contribution >= 0.6 is 27.7 Å². The average Bonchev–Trinajstić information content (AvgIpc) is 2.63. The van der Waals surface area contributed by atoms with Crippen LogP contribution in [0, 0.1) is 0 Å². The summed E-state index contributed by atoms with van der Waals surface area (Å²) in [7, 11) is 1.84. The van der Waals surface area contributed by atoms with Crippen molar-refractivity contribution >= 4 is 27.7 Å². The van der Waals surface area contributed by atoms with E-state index in [-0.39, 0.29) is 12.1 Å². The molecule has 1 saturated heterocycles. The van der Waals surface area contributed by atoms with Gasteiger partial charge in [0.15, 0.2) is 4.60 Å². The number of ether oxygens (including phenoxy) is 1. The molecule has 1 aliphatic heterocycles. The Balaban J connectivity index is 2.21. The molecule has 6 nitrogen and oxygen atoms in total. The Hall–Kier alpha value is -0.150. The van der Waals surface area contributed by atoms with Crippen molar-refractivity contribution in [3.8, 4) is 0 Å². The monoisotopic (exact) mass is 307 g/mol. The van der Waals surface area contributed by atoms with Crippen LogP contribution in [-0.2, 0) is 11.8 Å². The first kappa shape index (κ1) is 12.3. The summed E-state index contributed by atoms with van der Waals surface area (Å²) >= 11 is 5.24. The molecule has 1 aromatic heterocycles. The summed E-state index contributed by atoms with van der Waals surface area (Å²) in [4.78, 5) is 0. The van der Waals surface area contributed by atoms with E-state index >= 15 is 0 Å². The van der Waals surface area contributed by atoms with Crippen LogP contribution in [0.25, 0.3) is 0 Å². The molecule has 3 N–H and O–H groups in total. The van der Waals surface area contributed by atoms with Crippen molar-refractivity contribution in [3.05, 3.63) is 10.3 Å². The largest absolute Gasteiger partial charge is 0.374 e. The molecule has 1 aliphatic rings. The maximum atomic E-state index is 5.71. The first-order valence-electron chi connectivity index (χ1n) is 4.94. The molecule has 0 saturated carbocycles. The van der Waals surface area contributed by atoms with Crippen LogP contribution in [0.15, 0.2) is 4.60 Å². The summed E-state index contributed by atoms with van der Waals surface area (Å²) in [5, 5.41) is 7.89. The molecule has 0 radical (unpaired) electrons. The molecule has 2 rings (SSSR count). The lowest BCUT2D eigenvalue weighted by atomic mass is 10.1. The Morgan fingerprint density at radius 1 is 1.75 bits per heavy atom. The molecular weight excluding hydrogens is 294 g/mol. The molecule has 2 atom stereocenters. The third kappa shape index (κ3) is 2.40. The number of nitrogens with zero attached hydrogens (tertiary/aromatic N) is 3. The number of hydrogen-bond donors (Lipinski definition) is 2. The fraction of sp³-hybridized carbons (Fsp3) is 0.750. The summed E-state index contributed by atoms with van der Waals surface area (Å²) in [6, 6.07) is -0.0952. The fourth-order valence-electron chi connectivity index (χ4n) is 1.73. The number of aryl methyl sites for hydroxylation is 1. The van der Waals surface area contributed by atoms with Gasteiger partial charge in [0.2, 0.25) is 0 Å². The van der Waals surface area contributed by atoms with E-state index in [0.717, 1.165) is 23.8 Å². The first-order valence-corrected chi connectivity index (χ1v) is 6.89. The smallest absolute Gasteiger partial charge is 0.153 e. The summed E-state index contributed by atoms with van der Waals surface area (Å²) < 4.78 is 8.12. The second kappa shape index (κ2) is 5.46. The maximum absolute atomic E-state index is 5.71. The van der Waals surface area contributed by atoms with Gasteiger partial charge in [0.25, 0.3) is 0 Å². The zero-order chi connectivity index (χ0) is 11.5. The van der Waals surface area contributed by atoms with Gasteiger partial charge in [-0.05, 0) is 15.9 Å². The predicted octanol–water partition coefficient (Wildman–Crippen LogP) is 0.214. The van der Waals surface area contributed by atoms with E-state index in [1.54, 1.807) is 4.68 Å². The van der Waals surface area contributed by atoms with Gasteiger partial charge in [0, 0.05) is 18.6 Å². The zero-order valence-corrected chi connectivity index (χ0v) is 11.3. The number of halogens is 1. The SMILES string of the molecule is Cn1nnc(Br)c1C(NN)C1CSCCO1. The van der Waals surface area contributed by atoms with E-state index in [9.17, 15) is 0 Å². The van der Waals surface area contributed by atoms with Gasteiger partial charge in [-0.15, -0.1) is 5.10 Å². The summed E-state index contributed by atoms with van der Waals surface area (Å²) in [6.07, 6.45) is 0.0530. The third-order valence-corrected chi connectivity index (χ3v) is 4.10. The molecule has 0 aliphatic carbocycles. The van der Waals surface area contributed by atoms with Gasteiger partial charge in [-0.2, -0.15) is 11.8 Å². The normalized spacial score (nSPS) is 23.3. The Labute approximate surface area is 106 Å². The molecule has 16 heavy (non-hydrogen) atoms. The minimum Gasteiger partial charge on any atom is -0.374 e. The third-order valence-electron chi connectivity index (χ3n) is 2.51. The van der Waals surface area contributed by atoms with Gasteiger partial charge < -0.3 is 4.74 Å². The van der Waals surface area contributed by atoms with Crippen LogP contribution in [0.4, 0.5) is 0 Å². The second-order valence-corrected chi connectivity index (χ2v) is 5.42. The van der Waals surface area contributed by atoms with Gasteiger partial charge in [-0.3, -0.25) is 5.84 Å². The summed E-state index contributed by atoms with van der Waals surface area (Å²) in [6.45, 7) is 0.760. The second-order valence-electron chi connectivity index (χ2n) is 3.52. The topological polar surface area (TPSA) is 78.0 Å². The molecule has 2 unspecified atom stereocenters. The fourth-order valence-corrected chi connectivity index (χ4v) is 3.21. The number of aromatic nitrogens is 3. The Morgan fingerprint density at radius 3 is 3.06 bits per heavy atom. The lowest BCUT2D eigenvalue weighted by molar-refractivity contribution is 0.0445. The Bertz CT molecular complexity index is 335. The summed E-state index contributed by atoms with van der Waals surface area (Å²) in [5.41, 5.74) is 3.70. The molecule has 2 heterocycles. The van der Waals surface area contributed by atoms with E-state index in [1.165, 1.54) is 0 Å². The standard InChI is InChI=1S/C8H14BrN5OS/c1-14-7(8(9)12-13-14)6(11-10)5-4-16-3-2-15-5/h5-6,11H,2-4,10H2,1H3. The van der Waals surface area contributed by atoms with Crippen molar-refractivity contribution in [1.29, 1.82) is 0 Å². The van der Waals surface area contributed by atoms with Crippen molar-refractivity contribution < 1.29 is 4.74 Å². The lowest BCUT2D eigenvalue weighted by Crippen LogP contribution is -2.42. The van der Waals surface area contributed by atoms with E-state index < -0.39 is 0 Å². The highest BCUT2D eigenvalue weighted by Gasteiger charge is 2.30. The maximum Gasteiger partial charge on any atom is 0.153 e. The highest BCUT2D eigenvalue weighted by atomic mass is 79.9. The number of nitrogens with two attached hydrogens (primary N) is 1. The highest BCUT2D eigenvalue weighted by molar-refractivity contribution is 9.10. The van der Waals surface area contributed by atoms with Crippen molar-refractivity contribution in [1.82, 2.24) is 20.4 Å². The lowest BCUT2D eigenvalue weighted by Gasteiger charge is -2.29. The average molecular weight is 308 g/mol. The van der Waals surface area contributed by atoms with Gasteiger partial charge in [-0.1, -0.05) is 5.21 Å². The molecule has 0 amide bonds.